The van der Waals surface area contributed by atoms with E-state index in [1.165, 1.54) is 11.3 Å². The zero-order valence-corrected chi connectivity index (χ0v) is 16.9. The predicted molar refractivity (Wildman–Crippen MR) is 112 cm³/mol. The van der Waals surface area contributed by atoms with Crippen LogP contribution in [0.25, 0.3) is 10.6 Å². The van der Waals surface area contributed by atoms with Gasteiger partial charge in [0.05, 0.1) is 6.61 Å². The van der Waals surface area contributed by atoms with Crippen molar-refractivity contribution in [1.82, 2.24) is 15.5 Å². The van der Waals surface area contributed by atoms with E-state index in [1.54, 1.807) is 0 Å². The Morgan fingerprint density at radius 1 is 1.03 bits per heavy atom. The van der Waals surface area contributed by atoms with Crippen LogP contribution in [0.15, 0.2) is 54.6 Å². The number of benzene rings is 2. The number of aromatic nitrogens is 2. The van der Waals surface area contributed by atoms with Crippen molar-refractivity contribution in [3.8, 4) is 10.6 Å². The highest BCUT2D eigenvalue weighted by Gasteiger charge is 2.10. The molecule has 0 radical (unpaired) electrons. The Hall–Kier alpha value is -3.10. The second kappa shape index (κ2) is 10.4. The van der Waals surface area contributed by atoms with E-state index in [2.05, 4.69) is 20.8 Å². The van der Waals surface area contributed by atoms with Crippen molar-refractivity contribution in [2.24, 2.45) is 0 Å². The van der Waals surface area contributed by atoms with Gasteiger partial charge in [-0.15, -0.1) is 10.2 Å². The third kappa shape index (κ3) is 6.78. The van der Waals surface area contributed by atoms with Gasteiger partial charge in [-0.05, 0) is 18.6 Å². The number of anilines is 1. The molecule has 0 atom stereocenters. The van der Waals surface area contributed by atoms with Crippen LogP contribution in [0, 0.1) is 6.92 Å². The average Bonchev–Trinajstić information content (AvgIpc) is 3.17. The summed E-state index contributed by atoms with van der Waals surface area (Å²) >= 11 is 1.31. The number of hydrogen-bond donors (Lipinski definition) is 2. The number of ether oxygens (including phenoxy) is 1. The molecule has 2 amide bonds. The first-order chi connectivity index (χ1) is 14.1. The number of carbonyl (C=O) groups is 2. The topological polar surface area (TPSA) is 93.2 Å². The molecule has 0 bridgehead atoms. The molecule has 0 fully saturated rings. The number of rotatable bonds is 9. The minimum absolute atomic E-state index is 0.0488. The van der Waals surface area contributed by atoms with Gasteiger partial charge in [0.2, 0.25) is 16.9 Å². The summed E-state index contributed by atoms with van der Waals surface area (Å²) in [4.78, 5) is 23.8. The maximum absolute atomic E-state index is 12.0. The maximum atomic E-state index is 12.0. The van der Waals surface area contributed by atoms with Crippen LogP contribution in [-0.2, 0) is 20.9 Å². The van der Waals surface area contributed by atoms with Crippen molar-refractivity contribution in [2.75, 3.05) is 18.5 Å². The first-order valence-corrected chi connectivity index (χ1v) is 10.0. The third-order valence-corrected chi connectivity index (χ3v) is 4.84. The summed E-state index contributed by atoms with van der Waals surface area (Å²) in [5, 5.41) is 14.7. The molecule has 2 aromatic carbocycles. The van der Waals surface area contributed by atoms with Gasteiger partial charge in [0.25, 0.3) is 0 Å². The highest BCUT2D eigenvalue weighted by atomic mass is 32.1. The largest absolute Gasteiger partial charge is 0.367 e. The first-order valence-electron chi connectivity index (χ1n) is 9.19. The zero-order valence-electron chi connectivity index (χ0n) is 16.1. The van der Waals surface area contributed by atoms with Crippen molar-refractivity contribution < 1.29 is 14.3 Å². The van der Waals surface area contributed by atoms with Crippen LogP contribution < -0.4 is 10.6 Å². The van der Waals surface area contributed by atoms with E-state index >= 15 is 0 Å². The smallest absolute Gasteiger partial charge is 0.246 e. The molecule has 7 nitrogen and oxygen atoms in total. The van der Waals surface area contributed by atoms with Gasteiger partial charge in [-0.3, -0.25) is 9.59 Å². The summed E-state index contributed by atoms with van der Waals surface area (Å²) in [5.41, 5.74) is 3.10. The monoisotopic (exact) mass is 410 g/mol. The Morgan fingerprint density at radius 2 is 1.86 bits per heavy atom. The van der Waals surface area contributed by atoms with Gasteiger partial charge in [-0.2, -0.15) is 0 Å². The minimum atomic E-state index is -0.258. The predicted octanol–water partition coefficient (Wildman–Crippen LogP) is 3.18. The van der Waals surface area contributed by atoms with E-state index in [4.69, 9.17) is 4.74 Å². The minimum Gasteiger partial charge on any atom is -0.367 e. The molecule has 29 heavy (non-hydrogen) atoms. The summed E-state index contributed by atoms with van der Waals surface area (Å²) in [6.45, 7) is 2.55. The van der Waals surface area contributed by atoms with Crippen LogP contribution in [0.3, 0.4) is 0 Å². The molecule has 2 N–H and O–H groups in total. The molecule has 0 saturated heterocycles. The third-order valence-electron chi connectivity index (χ3n) is 3.96. The van der Waals surface area contributed by atoms with E-state index in [9.17, 15) is 9.59 Å². The van der Waals surface area contributed by atoms with Crippen LogP contribution in [0.4, 0.5) is 5.13 Å². The highest BCUT2D eigenvalue weighted by Crippen LogP contribution is 2.26. The van der Waals surface area contributed by atoms with Gasteiger partial charge in [0.1, 0.15) is 11.6 Å². The molecule has 1 aromatic heterocycles. The fourth-order valence-corrected chi connectivity index (χ4v) is 3.31. The first kappa shape index (κ1) is 20.6. The molecular weight excluding hydrogens is 388 g/mol. The lowest BCUT2D eigenvalue weighted by molar-refractivity contribution is -0.126. The molecule has 0 aliphatic rings. The Labute approximate surface area is 173 Å². The molecule has 3 aromatic rings. The molecule has 0 spiro atoms. The lowest BCUT2D eigenvalue weighted by Gasteiger charge is -2.06. The van der Waals surface area contributed by atoms with Gasteiger partial charge < -0.3 is 15.4 Å². The second-order valence-corrected chi connectivity index (χ2v) is 7.39. The van der Waals surface area contributed by atoms with Crippen molar-refractivity contribution in [1.29, 1.82) is 0 Å². The molecule has 150 valence electrons. The van der Waals surface area contributed by atoms with E-state index in [1.807, 2.05) is 61.5 Å². The Kier molecular flexibility index (Phi) is 7.43. The van der Waals surface area contributed by atoms with Crippen molar-refractivity contribution >= 4 is 28.3 Å². The lowest BCUT2D eigenvalue weighted by Crippen LogP contribution is -2.30. The molecule has 3 rings (SSSR count). The molecule has 0 saturated carbocycles. The molecular formula is C21H22N4O3S. The van der Waals surface area contributed by atoms with Crippen molar-refractivity contribution in [3.05, 3.63) is 65.7 Å². The van der Waals surface area contributed by atoms with Crippen LogP contribution in [0.2, 0.25) is 0 Å². The normalized spacial score (nSPS) is 10.5. The summed E-state index contributed by atoms with van der Waals surface area (Å²) in [6, 6.07) is 17.5. The van der Waals surface area contributed by atoms with Gasteiger partial charge >= 0.3 is 0 Å². The number of aryl methyl sites for hydroxylation is 1. The van der Waals surface area contributed by atoms with Crippen molar-refractivity contribution in [3.63, 3.8) is 0 Å². The highest BCUT2D eigenvalue weighted by molar-refractivity contribution is 7.18. The van der Waals surface area contributed by atoms with Crippen LogP contribution in [-0.4, -0.2) is 35.2 Å². The molecule has 0 aliphatic carbocycles. The number of amides is 2. The fourth-order valence-electron chi connectivity index (χ4n) is 2.55. The quantitative estimate of drug-likeness (QED) is 0.565. The standard InChI is InChI=1S/C21H22N4O3S/c1-15-6-5-9-17(12-15)20-24-25-21(29-20)23-18(26)10-11-22-19(27)14-28-13-16-7-3-2-4-8-16/h2-9,12H,10-11,13-14H2,1H3,(H,22,27)(H,23,25,26). The van der Waals surface area contributed by atoms with Gasteiger partial charge in [0, 0.05) is 18.5 Å². The average molecular weight is 410 g/mol. The number of carbonyl (C=O) groups excluding carboxylic acids is 2. The summed E-state index contributed by atoms with van der Waals surface area (Å²) < 4.78 is 5.36. The van der Waals surface area contributed by atoms with Crippen LogP contribution >= 0.6 is 11.3 Å². The molecule has 0 unspecified atom stereocenters. The summed E-state index contributed by atoms with van der Waals surface area (Å²) in [6.07, 6.45) is 0.143. The van der Waals surface area contributed by atoms with Gasteiger partial charge in [-0.25, -0.2) is 0 Å². The molecule has 1 heterocycles. The van der Waals surface area contributed by atoms with Gasteiger partial charge in [-0.1, -0.05) is 65.4 Å². The van der Waals surface area contributed by atoms with Crippen LogP contribution in [0.1, 0.15) is 17.5 Å². The summed E-state index contributed by atoms with van der Waals surface area (Å²) in [5.74, 6) is -0.492. The maximum Gasteiger partial charge on any atom is 0.246 e. The summed E-state index contributed by atoms with van der Waals surface area (Å²) in [7, 11) is 0. The lowest BCUT2D eigenvalue weighted by atomic mass is 10.1. The molecule has 0 aliphatic heterocycles. The number of nitrogens with one attached hydrogen (secondary N) is 2. The number of hydrogen-bond acceptors (Lipinski definition) is 6. The van der Waals surface area contributed by atoms with Gasteiger partial charge in [0.15, 0.2) is 0 Å². The number of nitrogens with zero attached hydrogens (tertiary/aromatic N) is 2. The Balaban J connectivity index is 1.35. The molecule has 8 heteroatoms. The second-order valence-electron chi connectivity index (χ2n) is 6.41. The van der Waals surface area contributed by atoms with E-state index in [-0.39, 0.29) is 31.4 Å². The van der Waals surface area contributed by atoms with E-state index in [0.717, 1.165) is 21.7 Å². The van der Waals surface area contributed by atoms with E-state index in [0.29, 0.717) is 11.7 Å². The Bertz CT molecular complexity index is 959. The van der Waals surface area contributed by atoms with E-state index < -0.39 is 0 Å². The fraction of sp³-hybridized carbons (Fsp3) is 0.238. The zero-order chi connectivity index (χ0) is 20.5. The van der Waals surface area contributed by atoms with Crippen LogP contribution in [0.5, 0.6) is 0 Å². The SMILES string of the molecule is Cc1cccc(-c2nnc(NC(=O)CCNC(=O)COCc3ccccc3)s2)c1. The Morgan fingerprint density at radius 3 is 2.66 bits per heavy atom. The van der Waals surface area contributed by atoms with Crippen molar-refractivity contribution in [2.45, 2.75) is 20.0 Å².